The zero-order valence-corrected chi connectivity index (χ0v) is 21.0. The first-order valence-electron chi connectivity index (χ1n) is 11.9. The van der Waals surface area contributed by atoms with E-state index in [1.54, 1.807) is 19.1 Å². The van der Waals surface area contributed by atoms with Crippen LogP contribution in [0.2, 0.25) is 0 Å². The molecule has 4 aromatic carbocycles. The van der Waals surface area contributed by atoms with Crippen LogP contribution in [0.5, 0.6) is 17.2 Å². The molecule has 4 aromatic rings. The number of carbonyl (C=O) groups excluding carboxylic acids is 2. The number of nitrogens with zero attached hydrogens (tertiary/aromatic N) is 1. The van der Waals surface area contributed by atoms with Gasteiger partial charge in [-0.25, -0.2) is 9.59 Å². The Hall–Kier alpha value is -5.10. The molecule has 0 aliphatic heterocycles. The van der Waals surface area contributed by atoms with Crippen molar-refractivity contribution in [3.8, 4) is 17.2 Å². The number of benzene rings is 4. The second kappa shape index (κ2) is 12.2. The van der Waals surface area contributed by atoms with Crippen molar-refractivity contribution in [3.63, 3.8) is 0 Å². The molecule has 0 aliphatic carbocycles. The van der Waals surface area contributed by atoms with E-state index in [4.69, 9.17) is 14.2 Å². The van der Waals surface area contributed by atoms with E-state index in [0.29, 0.717) is 17.1 Å². The van der Waals surface area contributed by atoms with Gasteiger partial charge in [-0.1, -0.05) is 43.5 Å². The van der Waals surface area contributed by atoms with Crippen molar-refractivity contribution in [3.05, 3.63) is 133 Å². The van der Waals surface area contributed by atoms with Crippen LogP contribution in [-0.2, 0) is 20.9 Å². The lowest BCUT2D eigenvalue weighted by molar-refractivity contribution is -0.140. The fourth-order valence-corrected chi connectivity index (χ4v) is 3.57. The summed E-state index contributed by atoms with van der Waals surface area (Å²) in [6.45, 7) is 8.80. The summed E-state index contributed by atoms with van der Waals surface area (Å²) in [5.41, 5.74) is 3.83. The molecule has 0 atom stereocenters. The summed E-state index contributed by atoms with van der Waals surface area (Å²) < 4.78 is 16.4. The molecule has 38 heavy (non-hydrogen) atoms. The monoisotopic (exact) mass is 505 g/mol. The molecule has 0 fully saturated rings. The van der Waals surface area contributed by atoms with Gasteiger partial charge in [-0.2, -0.15) is 0 Å². The third kappa shape index (κ3) is 6.77. The molecule has 0 bridgehead atoms. The first-order valence-corrected chi connectivity index (χ1v) is 11.9. The summed E-state index contributed by atoms with van der Waals surface area (Å²) in [6, 6.07) is 32.2. The zero-order valence-electron chi connectivity index (χ0n) is 21.0. The Bertz CT molecular complexity index is 1410. The topological polar surface area (TPSA) is 65.1 Å². The Morgan fingerprint density at radius 3 is 1.76 bits per heavy atom. The maximum atomic E-state index is 11.7. The van der Waals surface area contributed by atoms with Crippen LogP contribution in [0, 0.1) is 0 Å². The van der Waals surface area contributed by atoms with E-state index >= 15 is 0 Å². The van der Waals surface area contributed by atoms with Gasteiger partial charge in [0.05, 0.1) is 0 Å². The van der Waals surface area contributed by atoms with Gasteiger partial charge in [0.15, 0.2) is 0 Å². The van der Waals surface area contributed by atoms with E-state index in [9.17, 15) is 9.59 Å². The highest BCUT2D eigenvalue weighted by molar-refractivity contribution is 5.87. The Kier molecular flexibility index (Phi) is 8.36. The van der Waals surface area contributed by atoms with Crippen LogP contribution in [-0.4, -0.2) is 11.9 Å². The predicted molar refractivity (Wildman–Crippen MR) is 148 cm³/mol. The van der Waals surface area contributed by atoms with Crippen LogP contribution in [0.3, 0.4) is 0 Å². The molecule has 6 heteroatoms. The number of ether oxygens (including phenoxy) is 3. The predicted octanol–water partition coefficient (Wildman–Crippen LogP) is 7.66. The Morgan fingerprint density at radius 2 is 1.24 bits per heavy atom. The van der Waals surface area contributed by atoms with Crippen LogP contribution >= 0.6 is 0 Å². The van der Waals surface area contributed by atoms with Gasteiger partial charge in [0.2, 0.25) is 0 Å². The molecule has 0 spiro atoms. The molecule has 190 valence electrons. The van der Waals surface area contributed by atoms with Gasteiger partial charge < -0.3 is 19.1 Å². The second-order valence-corrected chi connectivity index (χ2v) is 8.39. The zero-order chi connectivity index (χ0) is 26.9. The Balaban J connectivity index is 1.61. The molecular weight excluding hydrogens is 478 g/mol. The molecule has 4 rings (SSSR count). The highest BCUT2D eigenvalue weighted by atomic mass is 16.5. The first-order chi connectivity index (χ1) is 18.4. The minimum atomic E-state index is -0.522. The third-order valence-electron chi connectivity index (χ3n) is 5.47. The quantitative estimate of drug-likeness (QED) is 0.125. The maximum Gasteiger partial charge on any atom is 0.335 e. The second-order valence-electron chi connectivity index (χ2n) is 8.39. The van der Waals surface area contributed by atoms with Gasteiger partial charge in [0.1, 0.15) is 23.9 Å². The molecule has 0 saturated heterocycles. The van der Waals surface area contributed by atoms with Crippen LogP contribution < -0.4 is 14.4 Å². The average Bonchev–Trinajstić information content (AvgIpc) is 2.95. The lowest BCUT2D eigenvalue weighted by atomic mass is 10.1. The highest BCUT2D eigenvalue weighted by Gasteiger charge is 2.14. The molecule has 0 N–H and O–H groups in total. The van der Waals surface area contributed by atoms with Gasteiger partial charge in [-0.3, -0.25) is 0 Å². The number of esters is 2. The largest absolute Gasteiger partial charge is 0.457 e. The van der Waals surface area contributed by atoms with Crippen molar-refractivity contribution < 1.29 is 23.8 Å². The molecule has 0 aliphatic rings. The lowest BCUT2D eigenvalue weighted by Gasteiger charge is -2.26. The van der Waals surface area contributed by atoms with Crippen molar-refractivity contribution in [1.82, 2.24) is 0 Å². The number of anilines is 3. The van der Waals surface area contributed by atoms with E-state index < -0.39 is 11.9 Å². The summed E-state index contributed by atoms with van der Waals surface area (Å²) >= 11 is 0. The minimum absolute atomic E-state index is 0.154. The smallest absolute Gasteiger partial charge is 0.335 e. The van der Waals surface area contributed by atoms with Crippen molar-refractivity contribution in [2.45, 2.75) is 13.5 Å². The van der Waals surface area contributed by atoms with Crippen molar-refractivity contribution in [1.29, 1.82) is 0 Å². The van der Waals surface area contributed by atoms with E-state index in [1.165, 1.54) is 0 Å². The van der Waals surface area contributed by atoms with Crippen LogP contribution in [0.4, 0.5) is 17.1 Å². The molecule has 0 amide bonds. The normalized spacial score (nSPS) is 10.2. The van der Waals surface area contributed by atoms with Gasteiger partial charge in [0.25, 0.3) is 0 Å². The Morgan fingerprint density at radius 1 is 0.737 bits per heavy atom. The molecular formula is C32H27NO5. The number of carbonyl (C=O) groups is 2. The summed E-state index contributed by atoms with van der Waals surface area (Å²) in [6.07, 6.45) is 1.12. The molecule has 0 heterocycles. The van der Waals surface area contributed by atoms with Crippen molar-refractivity contribution in [2.24, 2.45) is 0 Å². The van der Waals surface area contributed by atoms with Gasteiger partial charge in [-0.15, -0.1) is 0 Å². The van der Waals surface area contributed by atoms with E-state index in [0.717, 1.165) is 34.5 Å². The van der Waals surface area contributed by atoms with E-state index in [-0.39, 0.29) is 6.61 Å². The highest BCUT2D eigenvalue weighted by Crippen LogP contribution is 2.36. The molecule has 0 unspecified atom stereocenters. The number of hydrogen-bond donors (Lipinski definition) is 0. The fourth-order valence-electron chi connectivity index (χ4n) is 3.57. The van der Waals surface area contributed by atoms with E-state index in [2.05, 4.69) is 18.1 Å². The minimum Gasteiger partial charge on any atom is -0.457 e. The van der Waals surface area contributed by atoms with Crippen LogP contribution in [0.15, 0.2) is 128 Å². The summed E-state index contributed by atoms with van der Waals surface area (Å²) in [4.78, 5) is 25.4. The van der Waals surface area contributed by atoms with E-state index in [1.807, 2.05) is 91.0 Å². The average molecular weight is 506 g/mol. The molecule has 0 saturated carbocycles. The number of hydrogen-bond acceptors (Lipinski definition) is 6. The van der Waals surface area contributed by atoms with Crippen molar-refractivity contribution >= 4 is 29.0 Å². The SMILES string of the molecule is C=CC(=O)Oc1ccc(N(c2ccc(COC(=O)C(=C)C)cc2)c2ccc(Oc3ccccc3)cc2)cc1. The maximum absolute atomic E-state index is 11.7. The fraction of sp³-hybridized carbons (Fsp3) is 0.0625. The van der Waals surface area contributed by atoms with Crippen LogP contribution in [0.25, 0.3) is 0 Å². The summed E-state index contributed by atoms with van der Waals surface area (Å²) in [5, 5.41) is 0. The van der Waals surface area contributed by atoms with Gasteiger partial charge >= 0.3 is 11.9 Å². The van der Waals surface area contributed by atoms with Crippen LogP contribution in [0.1, 0.15) is 12.5 Å². The molecule has 0 aromatic heterocycles. The Labute approximate surface area is 222 Å². The summed E-state index contributed by atoms with van der Waals surface area (Å²) in [5.74, 6) is 0.933. The molecule has 6 nitrogen and oxygen atoms in total. The number of rotatable bonds is 10. The summed E-state index contributed by atoms with van der Waals surface area (Å²) in [7, 11) is 0. The third-order valence-corrected chi connectivity index (χ3v) is 5.47. The number of para-hydroxylation sites is 1. The van der Waals surface area contributed by atoms with Gasteiger partial charge in [0, 0.05) is 28.7 Å². The molecule has 0 radical (unpaired) electrons. The van der Waals surface area contributed by atoms with Crippen molar-refractivity contribution in [2.75, 3.05) is 4.90 Å². The first kappa shape index (κ1) is 26.0. The van der Waals surface area contributed by atoms with Gasteiger partial charge in [-0.05, 0) is 85.3 Å². The lowest BCUT2D eigenvalue weighted by Crippen LogP contribution is -2.10. The standard InChI is InChI=1S/C32H27NO5/c1-4-31(34)38-30-20-16-27(17-21-30)33(25-12-10-24(11-13-25)22-36-32(35)23(2)3)26-14-18-29(19-15-26)37-28-8-6-5-7-9-28/h4-21H,1-2,22H2,3H3.